The van der Waals surface area contributed by atoms with Gasteiger partial charge in [0, 0.05) is 17.3 Å². The molecule has 0 aliphatic carbocycles. The van der Waals surface area contributed by atoms with Gasteiger partial charge in [0.15, 0.2) is 0 Å². The molecule has 1 aliphatic rings. The molecule has 0 atom stereocenters. The number of hydrogen-bond acceptors (Lipinski definition) is 1. The van der Waals surface area contributed by atoms with E-state index in [9.17, 15) is 0 Å². The molecule has 1 heterocycles. The highest BCUT2D eigenvalue weighted by atomic mass is 14.8. The first-order chi connectivity index (χ1) is 5.00. The van der Waals surface area contributed by atoms with Gasteiger partial charge in [-0.15, -0.1) is 0 Å². The van der Waals surface area contributed by atoms with Crippen LogP contribution in [0.3, 0.4) is 0 Å². The minimum atomic E-state index is 0.178. The molecule has 0 saturated carbocycles. The normalized spacial score (nSPS) is 18.5. The predicted molar refractivity (Wildman–Crippen MR) is 49.8 cm³/mol. The van der Waals surface area contributed by atoms with Gasteiger partial charge in [0.1, 0.15) is 0 Å². The molecule has 60 valence electrons. The van der Waals surface area contributed by atoms with Gasteiger partial charge in [-0.05, 0) is 12.0 Å². The number of aliphatic imine (C=N–C) groups is 1. The number of hydrogen-bond donors (Lipinski definition) is 0. The molecule has 0 saturated heterocycles. The Morgan fingerprint density at radius 3 is 2.45 bits per heavy atom. The Bertz CT molecular complexity index is 226. The molecule has 11 heavy (non-hydrogen) atoms. The number of rotatable bonds is 0. The monoisotopic (exact) mass is 149 g/mol. The van der Waals surface area contributed by atoms with Gasteiger partial charge in [0.05, 0.1) is 0 Å². The summed E-state index contributed by atoms with van der Waals surface area (Å²) >= 11 is 0. The average Bonchev–Trinajstić information content (AvgIpc) is 1.86. The van der Waals surface area contributed by atoms with E-state index < -0.39 is 0 Å². The fraction of sp³-hybridized carbons (Fsp3) is 0.500. The van der Waals surface area contributed by atoms with Gasteiger partial charge >= 0.3 is 0 Å². The SMILES string of the molecule is C=C1C=NC(C(C)(C)C)=CC1. The third kappa shape index (κ3) is 2.04. The first-order valence-corrected chi connectivity index (χ1v) is 3.92. The van der Waals surface area contributed by atoms with E-state index in [1.807, 2.05) is 6.21 Å². The van der Waals surface area contributed by atoms with Gasteiger partial charge in [-0.2, -0.15) is 0 Å². The van der Waals surface area contributed by atoms with Crippen LogP contribution in [0.1, 0.15) is 27.2 Å². The van der Waals surface area contributed by atoms with Crippen molar-refractivity contribution in [3.8, 4) is 0 Å². The van der Waals surface area contributed by atoms with Gasteiger partial charge in [-0.3, -0.25) is 4.99 Å². The van der Waals surface area contributed by atoms with Crippen molar-refractivity contribution in [3.05, 3.63) is 23.9 Å². The second kappa shape index (κ2) is 2.65. The van der Waals surface area contributed by atoms with Gasteiger partial charge in [0.2, 0.25) is 0 Å². The highest BCUT2D eigenvalue weighted by molar-refractivity contribution is 5.80. The number of allylic oxidation sites excluding steroid dienone is 3. The van der Waals surface area contributed by atoms with Crippen molar-refractivity contribution in [2.75, 3.05) is 0 Å². The topological polar surface area (TPSA) is 12.4 Å². The van der Waals surface area contributed by atoms with Gasteiger partial charge < -0.3 is 0 Å². The number of nitrogens with zero attached hydrogens (tertiary/aromatic N) is 1. The lowest BCUT2D eigenvalue weighted by atomic mass is 9.90. The Kier molecular flexibility index (Phi) is 1.99. The molecule has 1 heteroatoms. The van der Waals surface area contributed by atoms with E-state index in [-0.39, 0.29) is 5.41 Å². The minimum absolute atomic E-state index is 0.178. The molecule has 0 radical (unpaired) electrons. The van der Waals surface area contributed by atoms with Crippen LogP contribution < -0.4 is 0 Å². The summed E-state index contributed by atoms with van der Waals surface area (Å²) in [5.74, 6) is 0. The zero-order valence-electron chi connectivity index (χ0n) is 7.52. The molecule has 0 bridgehead atoms. The Balaban J connectivity index is 2.79. The summed E-state index contributed by atoms with van der Waals surface area (Å²) in [5, 5.41) is 0. The average molecular weight is 149 g/mol. The maximum absolute atomic E-state index is 4.32. The van der Waals surface area contributed by atoms with E-state index in [0.717, 1.165) is 12.0 Å². The van der Waals surface area contributed by atoms with Crippen LogP contribution in [0.5, 0.6) is 0 Å². The Morgan fingerprint density at radius 2 is 2.09 bits per heavy atom. The van der Waals surface area contributed by atoms with Crippen LogP contribution in [-0.4, -0.2) is 6.21 Å². The summed E-state index contributed by atoms with van der Waals surface area (Å²) in [4.78, 5) is 4.32. The van der Waals surface area contributed by atoms with Crippen molar-refractivity contribution in [2.24, 2.45) is 10.4 Å². The maximum atomic E-state index is 4.32. The lowest BCUT2D eigenvalue weighted by molar-refractivity contribution is 0.496. The Labute approximate surface area is 68.5 Å². The first-order valence-electron chi connectivity index (χ1n) is 3.92. The van der Waals surface area contributed by atoms with Crippen molar-refractivity contribution in [3.63, 3.8) is 0 Å². The van der Waals surface area contributed by atoms with Crippen LogP contribution in [0.25, 0.3) is 0 Å². The summed E-state index contributed by atoms with van der Waals surface area (Å²) in [7, 11) is 0. The molecule has 1 rings (SSSR count). The second-order valence-corrected chi connectivity index (χ2v) is 3.96. The van der Waals surface area contributed by atoms with Crippen LogP contribution in [0, 0.1) is 5.41 Å². The molecular weight excluding hydrogens is 134 g/mol. The third-order valence-corrected chi connectivity index (χ3v) is 1.71. The summed E-state index contributed by atoms with van der Waals surface area (Å²) in [6.45, 7) is 10.3. The van der Waals surface area contributed by atoms with E-state index in [1.54, 1.807) is 0 Å². The molecule has 0 aromatic heterocycles. The van der Waals surface area contributed by atoms with Crippen molar-refractivity contribution in [2.45, 2.75) is 27.2 Å². The minimum Gasteiger partial charge on any atom is -0.261 e. The fourth-order valence-electron chi connectivity index (χ4n) is 0.994. The quantitative estimate of drug-likeness (QED) is 0.502. The smallest absolute Gasteiger partial charge is 0.0420 e. The van der Waals surface area contributed by atoms with Crippen LogP contribution in [0.4, 0.5) is 0 Å². The first kappa shape index (κ1) is 8.25. The van der Waals surface area contributed by atoms with Gasteiger partial charge in [-0.25, -0.2) is 0 Å². The van der Waals surface area contributed by atoms with Crippen molar-refractivity contribution >= 4 is 6.21 Å². The van der Waals surface area contributed by atoms with Crippen LogP contribution >= 0.6 is 0 Å². The Hall–Kier alpha value is -0.850. The van der Waals surface area contributed by atoms with E-state index >= 15 is 0 Å². The molecule has 0 unspecified atom stereocenters. The van der Waals surface area contributed by atoms with E-state index in [4.69, 9.17) is 0 Å². The second-order valence-electron chi connectivity index (χ2n) is 3.96. The highest BCUT2D eigenvalue weighted by Crippen LogP contribution is 2.28. The van der Waals surface area contributed by atoms with E-state index in [0.29, 0.717) is 0 Å². The zero-order chi connectivity index (χ0) is 8.48. The molecular formula is C10H15N. The fourth-order valence-corrected chi connectivity index (χ4v) is 0.994. The standard InChI is InChI=1S/C10H15N/c1-8-5-6-9(11-7-8)10(2,3)4/h6-7H,1,5H2,2-4H3. The molecule has 0 spiro atoms. The van der Waals surface area contributed by atoms with Gasteiger partial charge in [0.25, 0.3) is 0 Å². The van der Waals surface area contributed by atoms with Crippen molar-refractivity contribution in [1.29, 1.82) is 0 Å². The summed E-state index contributed by atoms with van der Waals surface area (Å²) in [6.07, 6.45) is 4.97. The van der Waals surface area contributed by atoms with Crippen LogP contribution in [0.2, 0.25) is 0 Å². The summed E-state index contributed by atoms with van der Waals surface area (Å²) in [6, 6.07) is 0. The predicted octanol–water partition coefficient (Wildman–Crippen LogP) is 2.95. The molecule has 0 aromatic carbocycles. The van der Waals surface area contributed by atoms with Crippen molar-refractivity contribution < 1.29 is 0 Å². The Morgan fingerprint density at radius 1 is 1.45 bits per heavy atom. The maximum Gasteiger partial charge on any atom is 0.0420 e. The molecule has 0 amide bonds. The third-order valence-electron chi connectivity index (χ3n) is 1.71. The summed E-state index contributed by atoms with van der Waals surface area (Å²) < 4.78 is 0. The van der Waals surface area contributed by atoms with Crippen LogP contribution in [0.15, 0.2) is 28.9 Å². The largest absolute Gasteiger partial charge is 0.261 e. The molecule has 0 N–H and O–H groups in total. The van der Waals surface area contributed by atoms with Crippen molar-refractivity contribution in [1.82, 2.24) is 0 Å². The molecule has 1 aliphatic heterocycles. The molecule has 0 fully saturated rings. The highest BCUT2D eigenvalue weighted by Gasteiger charge is 2.17. The van der Waals surface area contributed by atoms with Crippen LogP contribution in [-0.2, 0) is 0 Å². The van der Waals surface area contributed by atoms with E-state index in [2.05, 4.69) is 38.4 Å². The lowest BCUT2D eigenvalue weighted by Crippen LogP contribution is -2.10. The molecule has 0 aromatic rings. The lowest BCUT2D eigenvalue weighted by Gasteiger charge is -2.21. The molecule has 1 nitrogen and oxygen atoms in total. The van der Waals surface area contributed by atoms with E-state index in [1.165, 1.54) is 5.70 Å². The zero-order valence-corrected chi connectivity index (χ0v) is 7.52. The summed E-state index contributed by atoms with van der Waals surface area (Å²) in [5.41, 5.74) is 2.44. The van der Waals surface area contributed by atoms with Gasteiger partial charge in [-0.1, -0.05) is 33.4 Å².